The van der Waals surface area contributed by atoms with Crippen molar-refractivity contribution >= 4 is 5.96 Å². The van der Waals surface area contributed by atoms with Crippen molar-refractivity contribution < 1.29 is 0 Å². The number of rotatable bonds is 5. The Hall–Kier alpha value is -2.03. The van der Waals surface area contributed by atoms with Crippen molar-refractivity contribution in [2.24, 2.45) is 10.7 Å². The normalized spacial score (nSPS) is 12.3. The predicted octanol–water partition coefficient (Wildman–Crippen LogP) is 2.91. The summed E-state index contributed by atoms with van der Waals surface area (Å²) in [6.45, 7) is 9.21. The number of benzene rings is 1. The fourth-order valence-corrected chi connectivity index (χ4v) is 1.62. The molecule has 0 atom stereocenters. The Bertz CT molecular complexity index is 432. The van der Waals surface area contributed by atoms with E-state index < -0.39 is 0 Å². The number of hydrogen-bond donors (Lipinski definition) is 1. The van der Waals surface area contributed by atoms with Gasteiger partial charge in [0.1, 0.15) is 0 Å². The zero-order valence-electron chi connectivity index (χ0n) is 11.1. The van der Waals surface area contributed by atoms with Crippen LogP contribution >= 0.6 is 0 Å². The van der Waals surface area contributed by atoms with Crippen LogP contribution in [0.1, 0.15) is 19.4 Å². The van der Waals surface area contributed by atoms with E-state index in [0.29, 0.717) is 5.96 Å². The third kappa shape index (κ3) is 4.45. The van der Waals surface area contributed by atoms with Crippen molar-refractivity contribution in [3.63, 3.8) is 0 Å². The highest BCUT2D eigenvalue weighted by molar-refractivity contribution is 5.79. The molecule has 1 rings (SSSR count). The van der Waals surface area contributed by atoms with E-state index in [1.807, 2.05) is 36.1 Å². The van der Waals surface area contributed by atoms with Crippen molar-refractivity contribution in [2.45, 2.75) is 20.4 Å². The molecule has 1 aromatic rings. The van der Waals surface area contributed by atoms with Gasteiger partial charge in [-0.15, -0.1) is 0 Å². The minimum Gasteiger partial charge on any atom is -0.369 e. The third-order valence-corrected chi connectivity index (χ3v) is 2.57. The fraction of sp³-hybridized carbons (Fsp3) is 0.267. The summed E-state index contributed by atoms with van der Waals surface area (Å²) < 4.78 is 0. The Morgan fingerprint density at radius 1 is 1.39 bits per heavy atom. The second kappa shape index (κ2) is 7.33. The predicted molar refractivity (Wildman–Crippen MR) is 78.1 cm³/mol. The highest BCUT2D eigenvalue weighted by atomic mass is 15.2. The van der Waals surface area contributed by atoms with Gasteiger partial charge in [-0.1, -0.05) is 43.0 Å². The van der Waals surface area contributed by atoms with Gasteiger partial charge in [-0.05, 0) is 25.5 Å². The molecule has 1 aromatic carbocycles. The molecular weight excluding hydrogens is 222 g/mol. The fourth-order valence-electron chi connectivity index (χ4n) is 1.62. The molecule has 0 aliphatic carbocycles. The van der Waals surface area contributed by atoms with E-state index in [1.165, 1.54) is 5.56 Å². The summed E-state index contributed by atoms with van der Waals surface area (Å²) in [6, 6.07) is 10.2. The number of hydrogen-bond acceptors (Lipinski definition) is 1. The molecule has 18 heavy (non-hydrogen) atoms. The largest absolute Gasteiger partial charge is 0.369 e. The van der Waals surface area contributed by atoms with E-state index in [0.717, 1.165) is 18.8 Å². The molecule has 0 aliphatic rings. The highest BCUT2D eigenvalue weighted by Gasteiger charge is 2.06. The summed E-state index contributed by atoms with van der Waals surface area (Å²) in [5.41, 5.74) is 8.09. The van der Waals surface area contributed by atoms with E-state index in [9.17, 15) is 0 Å². The molecule has 0 saturated carbocycles. The van der Waals surface area contributed by atoms with Crippen LogP contribution in [0.4, 0.5) is 0 Å². The van der Waals surface area contributed by atoms with Gasteiger partial charge >= 0.3 is 0 Å². The zero-order chi connectivity index (χ0) is 13.4. The van der Waals surface area contributed by atoms with Gasteiger partial charge in [0.25, 0.3) is 0 Å². The standard InChI is InChI=1S/C15H21N3/c1-4-9-13(3)17-15(16)18(5-2)12-14-10-7-6-8-11-14/h4,6-11H,1,5,12H2,2-3H3,(H2,16,17)/b13-9-. The lowest BCUT2D eigenvalue weighted by Crippen LogP contribution is -2.36. The average Bonchev–Trinajstić information content (AvgIpc) is 2.37. The summed E-state index contributed by atoms with van der Waals surface area (Å²) in [4.78, 5) is 6.38. The third-order valence-electron chi connectivity index (χ3n) is 2.57. The van der Waals surface area contributed by atoms with Crippen LogP contribution in [0.5, 0.6) is 0 Å². The van der Waals surface area contributed by atoms with Crippen LogP contribution in [0.25, 0.3) is 0 Å². The Morgan fingerprint density at radius 3 is 2.61 bits per heavy atom. The summed E-state index contributed by atoms with van der Waals surface area (Å²) in [5.74, 6) is 0.539. The lowest BCUT2D eigenvalue weighted by Gasteiger charge is -2.21. The smallest absolute Gasteiger partial charge is 0.196 e. The van der Waals surface area contributed by atoms with Crippen molar-refractivity contribution in [1.29, 1.82) is 0 Å². The molecule has 0 amide bonds. The molecule has 96 valence electrons. The van der Waals surface area contributed by atoms with Gasteiger partial charge in [0.15, 0.2) is 5.96 Å². The number of nitrogens with two attached hydrogens (primary N) is 1. The molecule has 0 aromatic heterocycles. The summed E-state index contributed by atoms with van der Waals surface area (Å²) >= 11 is 0. The minimum absolute atomic E-state index is 0.539. The molecule has 0 fully saturated rings. The monoisotopic (exact) mass is 243 g/mol. The SMILES string of the molecule is C=C/C=C(C)\N=C(/N)N(CC)Cc1ccccc1. The van der Waals surface area contributed by atoms with E-state index in [2.05, 4.69) is 30.6 Å². The van der Waals surface area contributed by atoms with Gasteiger partial charge in [-0.3, -0.25) is 0 Å². The number of aliphatic imine (C=N–C) groups is 1. The lowest BCUT2D eigenvalue weighted by molar-refractivity contribution is 0.430. The maximum Gasteiger partial charge on any atom is 0.196 e. The number of nitrogens with zero attached hydrogens (tertiary/aromatic N) is 2. The Morgan fingerprint density at radius 2 is 2.06 bits per heavy atom. The summed E-state index contributed by atoms with van der Waals surface area (Å²) in [5, 5.41) is 0. The second-order valence-electron chi connectivity index (χ2n) is 4.01. The van der Waals surface area contributed by atoms with Crippen LogP contribution in [0.2, 0.25) is 0 Å². The van der Waals surface area contributed by atoms with Crippen LogP contribution in [0, 0.1) is 0 Å². The summed E-state index contributed by atoms with van der Waals surface area (Å²) in [7, 11) is 0. The molecule has 0 unspecified atom stereocenters. The van der Waals surface area contributed by atoms with Crippen LogP contribution < -0.4 is 5.73 Å². The first kappa shape index (κ1) is 14.0. The van der Waals surface area contributed by atoms with Crippen LogP contribution in [-0.4, -0.2) is 17.4 Å². The molecule has 0 spiro atoms. The van der Waals surface area contributed by atoms with Crippen molar-refractivity contribution in [2.75, 3.05) is 6.54 Å². The molecule has 2 N–H and O–H groups in total. The van der Waals surface area contributed by atoms with E-state index in [-0.39, 0.29) is 0 Å². The van der Waals surface area contributed by atoms with E-state index in [4.69, 9.17) is 5.73 Å². The lowest BCUT2D eigenvalue weighted by atomic mass is 10.2. The van der Waals surface area contributed by atoms with Crippen molar-refractivity contribution in [1.82, 2.24) is 4.90 Å². The molecule has 0 heterocycles. The highest BCUT2D eigenvalue weighted by Crippen LogP contribution is 2.05. The maximum absolute atomic E-state index is 6.01. The van der Waals surface area contributed by atoms with E-state index in [1.54, 1.807) is 6.08 Å². The second-order valence-corrected chi connectivity index (χ2v) is 4.01. The Labute approximate surface area is 109 Å². The van der Waals surface area contributed by atoms with Gasteiger partial charge < -0.3 is 10.6 Å². The molecule has 0 radical (unpaired) electrons. The topological polar surface area (TPSA) is 41.6 Å². The zero-order valence-corrected chi connectivity index (χ0v) is 11.1. The van der Waals surface area contributed by atoms with E-state index >= 15 is 0 Å². The molecule has 0 aliphatic heterocycles. The number of allylic oxidation sites excluding steroid dienone is 3. The van der Waals surface area contributed by atoms with Gasteiger partial charge in [0, 0.05) is 18.8 Å². The van der Waals surface area contributed by atoms with Crippen molar-refractivity contribution in [3.8, 4) is 0 Å². The van der Waals surface area contributed by atoms with Gasteiger partial charge in [0.2, 0.25) is 0 Å². The van der Waals surface area contributed by atoms with Gasteiger partial charge in [-0.2, -0.15) is 0 Å². The molecule has 3 heteroatoms. The van der Waals surface area contributed by atoms with Gasteiger partial charge in [-0.25, -0.2) is 4.99 Å². The maximum atomic E-state index is 6.01. The first-order chi connectivity index (χ1) is 8.67. The molecule has 0 bridgehead atoms. The molecule has 3 nitrogen and oxygen atoms in total. The number of guanidine groups is 1. The minimum atomic E-state index is 0.539. The average molecular weight is 243 g/mol. The van der Waals surface area contributed by atoms with Crippen LogP contribution in [0.3, 0.4) is 0 Å². The Kier molecular flexibility index (Phi) is 5.71. The first-order valence-electron chi connectivity index (χ1n) is 6.09. The van der Waals surface area contributed by atoms with Crippen LogP contribution in [-0.2, 0) is 6.54 Å². The summed E-state index contributed by atoms with van der Waals surface area (Å²) in [6.07, 6.45) is 3.54. The van der Waals surface area contributed by atoms with Gasteiger partial charge in [0.05, 0.1) is 0 Å². The first-order valence-corrected chi connectivity index (χ1v) is 6.09. The quantitative estimate of drug-likeness (QED) is 0.491. The Balaban J connectivity index is 2.77. The molecular formula is C15H21N3. The van der Waals surface area contributed by atoms with Crippen LogP contribution in [0.15, 0.2) is 59.8 Å². The van der Waals surface area contributed by atoms with Crippen molar-refractivity contribution in [3.05, 3.63) is 60.3 Å². The molecule has 0 saturated heterocycles.